The fraction of sp³-hybridized carbons (Fsp3) is 0.455. The van der Waals surface area contributed by atoms with Crippen LogP contribution in [0.25, 0.3) is 0 Å². The van der Waals surface area contributed by atoms with Crippen LogP contribution >= 0.6 is 0 Å². The molecular formula is C11H15NO4. The number of carboxylic acids is 1. The smallest absolute Gasteiger partial charge is 0.326 e. The minimum absolute atomic E-state index is 0.148. The molecule has 0 saturated carbocycles. The summed E-state index contributed by atoms with van der Waals surface area (Å²) < 4.78 is 5.20. The summed E-state index contributed by atoms with van der Waals surface area (Å²) in [5.74, 6) is -0.732. The maximum Gasteiger partial charge on any atom is 0.326 e. The molecule has 1 heterocycles. The maximum absolute atomic E-state index is 11.6. The van der Waals surface area contributed by atoms with Crippen LogP contribution in [-0.2, 0) is 4.79 Å². The first-order valence-corrected chi connectivity index (χ1v) is 5.06. The molecule has 0 bridgehead atoms. The van der Waals surface area contributed by atoms with E-state index in [4.69, 9.17) is 9.52 Å². The molecule has 0 fully saturated rings. The summed E-state index contributed by atoms with van der Waals surface area (Å²) in [6.07, 6.45) is 0.333. The second kappa shape index (κ2) is 4.83. The van der Waals surface area contributed by atoms with Gasteiger partial charge in [-0.15, -0.1) is 0 Å². The summed E-state index contributed by atoms with van der Waals surface area (Å²) >= 11 is 0. The maximum atomic E-state index is 11.6. The third-order valence-corrected chi connectivity index (χ3v) is 2.40. The summed E-state index contributed by atoms with van der Waals surface area (Å²) in [5, 5.41) is 11.2. The Bertz CT molecular complexity index is 389. The molecule has 5 heteroatoms. The minimum atomic E-state index is -1.05. The quantitative estimate of drug-likeness (QED) is 0.813. The lowest BCUT2D eigenvalue weighted by Gasteiger charge is -2.10. The number of hydrogen-bond acceptors (Lipinski definition) is 3. The van der Waals surface area contributed by atoms with Gasteiger partial charge in [0.2, 0.25) is 0 Å². The first kappa shape index (κ1) is 12.3. The van der Waals surface area contributed by atoms with Gasteiger partial charge in [0.1, 0.15) is 11.8 Å². The number of aryl methyl sites for hydroxylation is 2. The van der Waals surface area contributed by atoms with E-state index in [1.165, 1.54) is 0 Å². The van der Waals surface area contributed by atoms with Crippen molar-refractivity contribution in [3.8, 4) is 0 Å². The molecular weight excluding hydrogens is 210 g/mol. The van der Waals surface area contributed by atoms with Crippen LogP contribution in [0.2, 0.25) is 0 Å². The summed E-state index contributed by atoms with van der Waals surface area (Å²) in [4.78, 5) is 22.3. The molecule has 5 nitrogen and oxygen atoms in total. The van der Waals surface area contributed by atoms with Crippen LogP contribution < -0.4 is 5.32 Å². The summed E-state index contributed by atoms with van der Waals surface area (Å²) in [7, 11) is 0. The lowest BCUT2D eigenvalue weighted by molar-refractivity contribution is -0.139. The highest BCUT2D eigenvalue weighted by Crippen LogP contribution is 2.13. The van der Waals surface area contributed by atoms with E-state index in [2.05, 4.69) is 5.32 Å². The Kier molecular flexibility index (Phi) is 3.71. The van der Waals surface area contributed by atoms with E-state index in [0.717, 1.165) is 5.56 Å². The summed E-state index contributed by atoms with van der Waals surface area (Å²) in [6, 6.07) is 0.720. The van der Waals surface area contributed by atoms with Gasteiger partial charge in [0.25, 0.3) is 5.91 Å². The second-order valence-corrected chi connectivity index (χ2v) is 3.62. The van der Waals surface area contributed by atoms with Crippen molar-refractivity contribution in [3.63, 3.8) is 0 Å². The Morgan fingerprint density at radius 1 is 1.50 bits per heavy atom. The third kappa shape index (κ3) is 2.62. The number of carboxylic acid groups (broad SMARTS) is 1. The van der Waals surface area contributed by atoms with E-state index in [-0.39, 0.29) is 5.76 Å². The Hall–Kier alpha value is -1.78. The molecule has 0 aliphatic carbocycles. The fourth-order valence-electron chi connectivity index (χ4n) is 1.25. The first-order valence-electron chi connectivity index (χ1n) is 5.06. The number of aliphatic carboxylic acids is 1. The van der Waals surface area contributed by atoms with Crippen LogP contribution in [0.5, 0.6) is 0 Å². The largest absolute Gasteiger partial charge is 0.480 e. The highest BCUT2D eigenvalue weighted by molar-refractivity contribution is 5.94. The van der Waals surface area contributed by atoms with Gasteiger partial charge in [0.05, 0.1) is 0 Å². The van der Waals surface area contributed by atoms with Gasteiger partial charge >= 0.3 is 5.97 Å². The molecule has 0 aliphatic rings. The molecule has 88 valence electrons. The average molecular weight is 225 g/mol. The standard InChI is InChI=1S/C11H15NO4/c1-4-8(11(14)15)12-10(13)9-5-6(2)7(3)16-9/h5,8H,4H2,1-3H3,(H,12,13)(H,14,15). The molecule has 0 aromatic carbocycles. The van der Waals surface area contributed by atoms with Gasteiger partial charge in [-0.2, -0.15) is 0 Å². The van der Waals surface area contributed by atoms with E-state index in [1.807, 2.05) is 6.92 Å². The van der Waals surface area contributed by atoms with Crippen molar-refractivity contribution in [1.29, 1.82) is 0 Å². The molecule has 1 amide bonds. The van der Waals surface area contributed by atoms with Crippen molar-refractivity contribution in [2.24, 2.45) is 0 Å². The molecule has 1 atom stereocenters. The van der Waals surface area contributed by atoms with Gasteiger partial charge in [-0.1, -0.05) is 6.92 Å². The number of nitrogens with one attached hydrogen (secondary N) is 1. The monoisotopic (exact) mass is 225 g/mol. The third-order valence-electron chi connectivity index (χ3n) is 2.40. The highest BCUT2D eigenvalue weighted by Gasteiger charge is 2.20. The Labute approximate surface area is 93.4 Å². The van der Waals surface area contributed by atoms with Crippen molar-refractivity contribution in [3.05, 3.63) is 23.2 Å². The van der Waals surface area contributed by atoms with E-state index in [1.54, 1.807) is 19.9 Å². The molecule has 0 spiro atoms. The lowest BCUT2D eigenvalue weighted by Crippen LogP contribution is -2.40. The average Bonchev–Trinajstić information content (AvgIpc) is 2.55. The normalized spacial score (nSPS) is 12.2. The molecule has 1 aromatic rings. The van der Waals surface area contributed by atoms with E-state index in [0.29, 0.717) is 12.2 Å². The lowest BCUT2D eigenvalue weighted by atomic mass is 10.2. The molecule has 0 radical (unpaired) electrons. The summed E-state index contributed by atoms with van der Waals surface area (Å²) in [6.45, 7) is 5.27. The van der Waals surface area contributed by atoms with Gasteiger partial charge in [-0.3, -0.25) is 4.79 Å². The van der Waals surface area contributed by atoms with Crippen LogP contribution in [0.15, 0.2) is 10.5 Å². The number of carbonyl (C=O) groups excluding carboxylic acids is 1. The molecule has 2 N–H and O–H groups in total. The van der Waals surface area contributed by atoms with Crippen molar-refractivity contribution in [2.45, 2.75) is 33.2 Å². The zero-order chi connectivity index (χ0) is 12.3. The number of rotatable bonds is 4. The second-order valence-electron chi connectivity index (χ2n) is 3.62. The predicted octanol–water partition coefficient (Wildman–Crippen LogP) is 1.49. The fourth-order valence-corrected chi connectivity index (χ4v) is 1.25. The number of carbonyl (C=O) groups is 2. The van der Waals surface area contributed by atoms with Gasteiger partial charge in [-0.05, 0) is 31.9 Å². The Morgan fingerprint density at radius 3 is 2.50 bits per heavy atom. The van der Waals surface area contributed by atoms with Gasteiger partial charge in [-0.25, -0.2) is 4.79 Å². The molecule has 1 unspecified atom stereocenters. The van der Waals surface area contributed by atoms with Gasteiger partial charge in [0, 0.05) is 0 Å². The van der Waals surface area contributed by atoms with E-state index < -0.39 is 17.9 Å². The van der Waals surface area contributed by atoms with Crippen LogP contribution in [0, 0.1) is 13.8 Å². The predicted molar refractivity (Wildman–Crippen MR) is 57.4 cm³/mol. The molecule has 0 saturated heterocycles. The Morgan fingerprint density at radius 2 is 2.12 bits per heavy atom. The van der Waals surface area contributed by atoms with Gasteiger partial charge in [0.15, 0.2) is 5.76 Å². The van der Waals surface area contributed by atoms with Gasteiger partial charge < -0.3 is 14.8 Å². The minimum Gasteiger partial charge on any atom is -0.480 e. The van der Waals surface area contributed by atoms with Crippen molar-refractivity contribution < 1.29 is 19.1 Å². The van der Waals surface area contributed by atoms with Crippen LogP contribution in [-0.4, -0.2) is 23.0 Å². The molecule has 16 heavy (non-hydrogen) atoms. The molecule has 0 aliphatic heterocycles. The highest BCUT2D eigenvalue weighted by atomic mass is 16.4. The zero-order valence-electron chi connectivity index (χ0n) is 9.53. The Balaban J connectivity index is 2.75. The molecule has 1 rings (SSSR count). The molecule has 1 aromatic heterocycles. The van der Waals surface area contributed by atoms with E-state index >= 15 is 0 Å². The van der Waals surface area contributed by atoms with Crippen LogP contribution in [0.3, 0.4) is 0 Å². The summed E-state index contributed by atoms with van der Waals surface area (Å²) in [5.41, 5.74) is 0.869. The number of hydrogen-bond donors (Lipinski definition) is 2. The van der Waals surface area contributed by atoms with Crippen LogP contribution in [0.1, 0.15) is 35.2 Å². The SMILES string of the molecule is CCC(NC(=O)c1cc(C)c(C)o1)C(=O)O. The van der Waals surface area contributed by atoms with Crippen molar-refractivity contribution >= 4 is 11.9 Å². The van der Waals surface area contributed by atoms with Crippen molar-refractivity contribution in [2.75, 3.05) is 0 Å². The number of furan rings is 1. The van der Waals surface area contributed by atoms with Crippen molar-refractivity contribution in [1.82, 2.24) is 5.32 Å². The topological polar surface area (TPSA) is 79.5 Å². The number of amides is 1. The van der Waals surface area contributed by atoms with Crippen LogP contribution in [0.4, 0.5) is 0 Å². The first-order chi connectivity index (χ1) is 7.45. The van der Waals surface area contributed by atoms with E-state index in [9.17, 15) is 9.59 Å². The zero-order valence-corrected chi connectivity index (χ0v) is 9.53.